The van der Waals surface area contributed by atoms with Crippen molar-refractivity contribution in [2.75, 3.05) is 13.1 Å². The molecule has 2 aromatic rings. The van der Waals surface area contributed by atoms with Crippen LogP contribution in [0.15, 0.2) is 34.9 Å². The van der Waals surface area contributed by atoms with Crippen LogP contribution < -0.4 is 4.74 Å². The molecule has 0 saturated carbocycles. The summed E-state index contributed by atoms with van der Waals surface area (Å²) in [6.45, 7) is 0.929. The summed E-state index contributed by atoms with van der Waals surface area (Å²) in [4.78, 5) is 16.6. The van der Waals surface area contributed by atoms with Crippen LogP contribution in [-0.4, -0.2) is 40.3 Å². The zero-order valence-corrected chi connectivity index (χ0v) is 12.2. The van der Waals surface area contributed by atoms with Gasteiger partial charge in [-0.3, -0.25) is 4.98 Å². The van der Waals surface area contributed by atoms with Crippen molar-refractivity contribution in [2.45, 2.75) is 12.5 Å². The van der Waals surface area contributed by atoms with Gasteiger partial charge in [0.15, 0.2) is 0 Å². The van der Waals surface area contributed by atoms with E-state index in [1.165, 1.54) is 4.90 Å². The highest BCUT2D eigenvalue weighted by molar-refractivity contribution is 9.10. The minimum Gasteiger partial charge on any atom is -0.487 e. The highest BCUT2D eigenvalue weighted by Gasteiger charge is 2.27. The Bertz CT molecular complexity index is 662. The SMILES string of the molecule is O=C(O)N1CCC(Oc2cnc3ccc(Br)cc3c2)C1. The van der Waals surface area contributed by atoms with E-state index in [4.69, 9.17) is 9.84 Å². The van der Waals surface area contributed by atoms with Crippen molar-refractivity contribution in [3.63, 3.8) is 0 Å². The van der Waals surface area contributed by atoms with Gasteiger partial charge in [0.2, 0.25) is 0 Å². The lowest BCUT2D eigenvalue weighted by Crippen LogP contribution is -2.29. The molecule has 1 saturated heterocycles. The Hall–Kier alpha value is -1.82. The lowest BCUT2D eigenvalue weighted by atomic mass is 10.2. The molecule has 3 rings (SSSR count). The summed E-state index contributed by atoms with van der Waals surface area (Å²) in [5, 5.41) is 9.91. The number of carbonyl (C=O) groups is 1. The van der Waals surface area contributed by atoms with Gasteiger partial charge >= 0.3 is 6.09 Å². The van der Waals surface area contributed by atoms with Crippen LogP contribution in [0.4, 0.5) is 4.79 Å². The zero-order chi connectivity index (χ0) is 14.1. The first-order chi connectivity index (χ1) is 9.61. The van der Waals surface area contributed by atoms with Crippen LogP contribution in [-0.2, 0) is 0 Å². The van der Waals surface area contributed by atoms with Crippen LogP contribution in [0.25, 0.3) is 10.9 Å². The van der Waals surface area contributed by atoms with E-state index in [0.29, 0.717) is 25.3 Å². The summed E-state index contributed by atoms with van der Waals surface area (Å²) in [7, 11) is 0. The van der Waals surface area contributed by atoms with Gasteiger partial charge in [0.1, 0.15) is 11.9 Å². The quantitative estimate of drug-likeness (QED) is 0.915. The largest absolute Gasteiger partial charge is 0.487 e. The van der Waals surface area contributed by atoms with E-state index in [9.17, 15) is 4.79 Å². The standard InChI is InChI=1S/C14H13BrN2O3/c15-10-1-2-13-9(5-10)6-12(7-16-13)20-11-3-4-17(8-11)14(18)19/h1-2,5-7,11H,3-4,8H2,(H,18,19). The molecule has 1 atom stereocenters. The third kappa shape index (κ3) is 2.70. The number of hydrogen-bond acceptors (Lipinski definition) is 3. The predicted molar refractivity (Wildman–Crippen MR) is 78.1 cm³/mol. The van der Waals surface area contributed by atoms with E-state index in [1.807, 2.05) is 24.3 Å². The Morgan fingerprint density at radius 2 is 2.30 bits per heavy atom. The number of rotatable bonds is 2. The number of carboxylic acid groups (broad SMARTS) is 1. The molecular formula is C14H13BrN2O3. The molecule has 0 aliphatic carbocycles. The first-order valence-electron chi connectivity index (χ1n) is 6.31. The zero-order valence-electron chi connectivity index (χ0n) is 10.6. The minimum absolute atomic E-state index is 0.0995. The minimum atomic E-state index is -0.892. The molecule has 1 aromatic carbocycles. The van der Waals surface area contributed by atoms with Crippen molar-refractivity contribution < 1.29 is 14.6 Å². The smallest absolute Gasteiger partial charge is 0.407 e. The average molecular weight is 337 g/mol. The molecule has 1 fully saturated rings. The highest BCUT2D eigenvalue weighted by Crippen LogP contribution is 2.24. The molecule has 1 unspecified atom stereocenters. The Morgan fingerprint density at radius 3 is 3.05 bits per heavy atom. The van der Waals surface area contributed by atoms with Crippen LogP contribution in [0, 0.1) is 0 Å². The van der Waals surface area contributed by atoms with Gasteiger partial charge in [0, 0.05) is 22.8 Å². The molecule has 5 nitrogen and oxygen atoms in total. The second kappa shape index (κ2) is 5.28. The van der Waals surface area contributed by atoms with Gasteiger partial charge in [-0.15, -0.1) is 0 Å². The maximum atomic E-state index is 10.9. The number of ether oxygens (including phenoxy) is 1. The Balaban J connectivity index is 1.76. The molecule has 1 N–H and O–H groups in total. The van der Waals surface area contributed by atoms with Crippen molar-refractivity contribution in [3.05, 3.63) is 34.9 Å². The maximum absolute atomic E-state index is 10.9. The van der Waals surface area contributed by atoms with E-state index in [2.05, 4.69) is 20.9 Å². The van der Waals surface area contributed by atoms with Gasteiger partial charge in [-0.2, -0.15) is 0 Å². The molecule has 6 heteroatoms. The number of nitrogens with zero attached hydrogens (tertiary/aromatic N) is 2. The molecule has 1 aliphatic heterocycles. The van der Waals surface area contributed by atoms with Crippen LogP contribution >= 0.6 is 15.9 Å². The van der Waals surface area contributed by atoms with Gasteiger partial charge in [-0.25, -0.2) is 4.79 Å². The predicted octanol–water partition coefficient (Wildman–Crippen LogP) is 3.13. The molecule has 0 bridgehead atoms. The Labute approximate surface area is 124 Å². The number of aromatic nitrogens is 1. The van der Waals surface area contributed by atoms with Crippen LogP contribution in [0.2, 0.25) is 0 Å². The van der Waals surface area contributed by atoms with Crippen LogP contribution in [0.1, 0.15) is 6.42 Å². The van der Waals surface area contributed by atoms with Crippen LogP contribution in [0.3, 0.4) is 0 Å². The molecule has 1 aliphatic rings. The lowest BCUT2D eigenvalue weighted by Gasteiger charge is -2.14. The Kier molecular flexibility index (Phi) is 3.48. The molecule has 2 heterocycles. The maximum Gasteiger partial charge on any atom is 0.407 e. The van der Waals surface area contributed by atoms with E-state index in [-0.39, 0.29) is 6.10 Å². The van der Waals surface area contributed by atoms with Gasteiger partial charge in [0.25, 0.3) is 0 Å². The summed E-state index contributed by atoms with van der Waals surface area (Å²) in [5.41, 5.74) is 0.902. The summed E-state index contributed by atoms with van der Waals surface area (Å²) < 4.78 is 6.81. The molecule has 0 radical (unpaired) electrons. The third-order valence-corrected chi connectivity index (χ3v) is 3.83. The van der Waals surface area contributed by atoms with E-state index in [1.54, 1.807) is 6.20 Å². The van der Waals surface area contributed by atoms with Crippen molar-refractivity contribution in [1.29, 1.82) is 0 Å². The van der Waals surface area contributed by atoms with E-state index in [0.717, 1.165) is 15.4 Å². The number of fused-ring (bicyclic) bond motifs is 1. The molecule has 20 heavy (non-hydrogen) atoms. The van der Waals surface area contributed by atoms with Crippen molar-refractivity contribution >= 4 is 32.9 Å². The number of pyridine rings is 1. The van der Waals surface area contributed by atoms with Crippen molar-refractivity contribution in [2.24, 2.45) is 0 Å². The second-order valence-electron chi connectivity index (χ2n) is 4.77. The van der Waals surface area contributed by atoms with Crippen molar-refractivity contribution in [3.8, 4) is 5.75 Å². The number of benzene rings is 1. The fraction of sp³-hybridized carbons (Fsp3) is 0.286. The normalized spacial score (nSPS) is 18.4. The van der Waals surface area contributed by atoms with Gasteiger partial charge in [0.05, 0.1) is 18.3 Å². The van der Waals surface area contributed by atoms with E-state index >= 15 is 0 Å². The van der Waals surface area contributed by atoms with E-state index < -0.39 is 6.09 Å². The summed E-state index contributed by atoms with van der Waals surface area (Å²) >= 11 is 3.43. The number of amides is 1. The van der Waals surface area contributed by atoms with Crippen molar-refractivity contribution in [1.82, 2.24) is 9.88 Å². The van der Waals surface area contributed by atoms with Gasteiger partial charge < -0.3 is 14.7 Å². The van der Waals surface area contributed by atoms with Crippen LogP contribution in [0.5, 0.6) is 5.75 Å². The molecule has 1 aromatic heterocycles. The third-order valence-electron chi connectivity index (χ3n) is 3.34. The molecular weight excluding hydrogens is 324 g/mol. The fourth-order valence-electron chi connectivity index (χ4n) is 2.34. The molecule has 0 spiro atoms. The first-order valence-corrected chi connectivity index (χ1v) is 7.11. The van der Waals surface area contributed by atoms with Gasteiger partial charge in [-0.1, -0.05) is 15.9 Å². The molecule has 1 amide bonds. The number of hydrogen-bond donors (Lipinski definition) is 1. The summed E-state index contributed by atoms with van der Waals surface area (Å²) in [6.07, 6.45) is 1.40. The highest BCUT2D eigenvalue weighted by atomic mass is 79.9. The lowest BCUT2D eigenvalue weighted by molar-refractivity contribution is 0.145. The molecule has 104 valence electrons. The fourth-order valence-corrected chi connectivity index (χ4v) is 2.72. The second-order valence-corrected chi connectivity index (χ2v) is 5.68. The first kappa shape index (κ1) is 13.2. The monoisotopic (exact) mass is 336 g/mol. The average Bonchev–Trinajstić information content (AvgIpc) is 2.87. The number of halogens is 1. The Morgan fingerprint density at radius 1 is 1.45 bits per heavy atom. The number of likely N-dealkylation sites (tertiary alicyclic amines) is 1. The topological polar surface area (TPSA) is 62.7 Å². The summed E-state index contributed by atoms with van der Waals surface area (Å²) in [6, 6.07) is 7.78. The summed E-state index contributed by atoms with van der Waals surface area (Å²) in [5.74, 6) is 0.674. The van der Waals surface area contributed by atoms with Gasteiger partial charge in [-0.05, 0) is 24.3 Å².